The van der Waals surface area contributed by atoms with Crippen LogP contribution in [0.3, 0.4) is 0 Å². The summed E-state index contributed by atoms with van der Waals surface area (Å²) in [7, 11) is 0. The number of hydrogen-bond acceptors (Lipinski definition) is 7. The molecule has 4 N–H and O–H groups in total. The Balaban J connectivity index is 0.00000306. The summed E-state index contributed by atoms with van der Waals surface area (Å²) in [4.78, 5) is 25.5. The fraction of sp³-hybridized carbons (Fsp3) is 0.167. The highest BCUT2D eigenvalue weighted by Crippen LogP contribution is 2.27. The van der Waals surface area contributed by atoms with Crippen molar-refractivity contribution in [3.63, 3.8) is 0 Å². The summed E-state index contributed by atoms with van der Waals surface area (Å²) in [5.74, 6) is 5.65. The van der Waals surface area contributed by atoms with Gasteiger partial charge in [-0.2, -0.15) is 0 Å². The predicted molar refractivity (Wildman–Crippen MR) is 129 cm³/mol. The van der Waals surface area contributed by atoms with Crippen LogP contribution < -0.4 is 16.0 Å². The Morgan fingerprint density at radius 1 is 1.00 bits per heavy atom. The molecule has 0 atom stereocenters. The number of pyridine rings is 3. The number of nitrogens with one attached hydrogen (secondary N) is 1. The van der Waals surface area contributed by atoms with Crippen molar-refractivity contribution >= 4 is 29.2 Å². The third kappa shape index (κ3) is 5.61. The predicted octanol–water partition coefficient (Wildman–Crippen LogP) is 3.54. The van der Waals surface area contributed by atoms with Crippen molar-refractivity contribution in [2.45, 2.75) is 12.8 Å². The maximum absolute atomic E-state index is 12.3. The first-order valence-electron chi connectivity index (χ1n) is 10.3. The molecule has 4 aromatic rings. The first-order valence-corrected chi connectivity index (χ1v) is 10.3. The number of fused-ring (bicyclic) bond motifs is 1. The number of rotatable bonds is 8. The van der Waals surface area contributed by atoms with Gasteiger partial charge in [0.25, 0.3) is 5.91 Å². The second kappa shape index (κ2) is 11.3. The number of nitrogens with two attached hydrogens (primary N) is 1. The quantitative estimate of drug-likeness (QED) is 0.157. The first kappa shape index (κ1) is 24.1. The van der Waals surface area contributed by atoms with Gasteiger partial charge in [0.05, 0.1) is 35.3 Å². The monoisotopic (exact) mass is 465 g/mol. The van der Waals surface area contributed by atoms with Crippen LogP contribution in [0.1, 0.15) is 23.2 Å². The lowest BCUT2D eigenvalue weighted by Crippen LogP contribution is -2.30. The zero-order valence-electron chi connectivity index (χ0n) is 17.8. The highest BCUT2D eigenvalue weighted by atomic mass is 35.5. The first-order chi connectivity index (χ1) is 15.7. The molecular weight excluding hydrogens is 442 g/mol. The Labute approximate surface area is 197 Å². The van der Waals surface area contributed by atoms with Gasteiger partial charge in [-0.1, -0.05) is 24.3 Å². The number of halogens is 1. The maximum atomic E-state index is 12.3. The van der Waals surface area contributed by atoms with E-state index >= 15 is 0 Å². The molecule has 0 aliphatic rings. The molecule has 0 spiro atoms. The molecule has 0 saturated heterocycles. The van der Waals surface area contributed by atoms with Crippen molar-refractivity contribution in [3.05, 3.63) is 72.7 Å². The lowest BCUT2D eigenvalue weighted by atomic mass is 10.0. The van der Waals surface area contributed by atoms with Crippen LogP contribution in [0.5, 0.6) is 5.75 Å². The van der Waals surface area contributed by atoms with Crippen LogP contribution in [0.4, 0.5) is 0 Å². The highest BCUT2D eigenvalue weighted by Gasteiger charge is 2.13. The molecule has 8 nitrogen and oxygen atoms in total. The number of carbonyl (C=O) groups excluding carboxylic acids is 1. The molecule has 0 radical (unpaired) electrons. The Kier molecular flexibility index (Phi) is 8.26. The zero-order chi connectivity index (χ0) is 22.3. The smallest absolute Gasteiger partial charge is 0.265 e. The van der Waals surface area contributed by atoms with E-state index in [0.29, 0.717) is 34.5 Å². The van der Waals surface area contributed by atoms with Crippen molar-refractivity contribution in [3.8, 4) is 28.3 Å². The highest BCUT2D eigenvalue weighted by molar-refractivity contribution is 6.06. The van der Waals surface area contributed by atoms with Crippen LogP contribution in [0.25, 0.3) is 33.4 Å². The molecule has 3 heterocycles. The molecule has 0 saturated carbocycles. The minimum atomic E-state index is -0.397. The third-order valence-electron chi connectivity index (χ3n) is 5.02. The molecule has 3 aromatic heterocycles. The number of unbranched alkanes of at least 4 members (excludes halogenated alkanes) is 1. The van der Waals surface area contributed by atoms with Gasteiger partial charge >= 0.3 is 0 Å². The Hall–Kier alpha value is -3.59. The van der Waals surface area contributed by atoms with Gasteiger partial charge in [-0.05, 0) is 37.1 Å². The summed E-state index contributed by atoms with van der Waals surface area (Å²) in [5, 5.41) is 9.45. The van der Waals surface area contributed by atoms with E-state index in [1.54, 1.807) is 30.7 Å². The molecule has 33 heavy (non-hydrogen) atoms. The number of aliphatic hydroxyl groups is 1. The van der Waals surface area contributed by atoms with Gasteiger partial charge in [-0.25, -0.2) is 10.8 Å². The topological polar surface area (TPSA) is 123 Å². The standard InChI is InChI=1S/C24H23N5O3.ClH/c25-29-24(31)19-13-23(28-22-9-10-26-15-20(19)22)17-5-3-16(4-6-17)21-8-7-18(14-27-21)32-12-2-1-11-30;/h3-10,13-15,30H,1-2,11-12,25H2,(H,29,31);1H. The van der Waals surface area contributed by atoms with E-state index in [0.717, 1.165) is 29.7 Å². The molecule has 0 unspecified atom stereocenters. The average molecular weight is 466 g/mol. The van der Waals surface area contributed by atoms with Crippen molar-refractivity contribution in [2.75, 3.05) is 13.2 Å². The van der Waals surface area contributed by atoms with E-state index in [9.17, 15) is 4.79 Å². The van der Waals surface area contributed by atoms with Crippen molar-refractivity contribution < 1.29 is 14.6 Å². The molecule has 9 heteroatoms. The Morgan fingerprint density at radius 3 is 2.42 bits per heavy atom. The molecule has 1 amide bonds. The van der Waals surface area contributed by atoms with Gasteiger partial charge in [-0.15, -0.1) is 12.4 Å². The van der Waals surface area contributed by atoms with Crippen molar-refractivity contribution in [1.82, 2.24) is 20.4 Å². The minimum Gasteiger partial charge on any atom is -0.492 e. The van der Waals surface area contributed by atoms with Gasteiger partial charge in [0.1, 0.15) is 5.75 Å². The van der Waals surface area contributed by atoms with Crippen LogP contribution in [0.2, 0.25) is 0 Å². The number of hydrogen-bond donors (Lipinski definition) is 3. The van der Waals surface area contributed by atoms with Gasteiger partial charge < -0.3 is 9.84 Å². The van der Waals surface area contributed by atoms with E-state index in [1.165, 1.54) is 0 Å². The van der Waals surface area contributed by atoms with Crippen LogP contribution in [-0.2, 0) is 0 Å². The molecule has 1 aromatic carbocycles. The van der Waals surface area contributed by atoms with Crippen LogP contribution in [0.15, 0.2) is 67.1 Å². The number of amides is 1. The summed E-state index contributed by atoms with van der Waals surface area (Å²) in [6, 6.07) is 15.1. The Morgan fingerprint density at radius 2 is 1.76 bits per heavy atom. The molecule has 0 aliphatic heterocycles. The lowest BCUT2D eigenvalue weighted by Gasteiger charge is -2.09. The zero-order valence-corrected chi connectivity index (χ0v) is 18.6. The molecule has 0 bridgehead atoms. The summed E-state index contributed by atoms with van der Waals surface area (Å²) >= 11 is 0. The van der Waals surface area contributed by atoms with Crippen molar-refractivity contribution in [1.29, 1.82) is 0 Å². The van der Waals surface area contributed by atoms with E-state index in [2.05, 4.69) is 20.4 Å². The third-order valence-corrected chi connectivity index (χ3v) is 5.02. The number of aromatic nitrogens is 3. The second-order valence-corrected chi connectivity index (χ2v) is 7.16. The summed E-state index contributed by atoms with van der Waals surface area (Å²) in [6.07, 6.45) is 6.45. The second-order valence-electron chi connectivity index (χ2n) is 7.16. The molecule has 0 aliphatic carbocycles. The van der Waals surface area contributed by atoms with E-state index in [-0.39, 0.29) is 19.0 Å². The van der Waals surface area contributed by atoms with E-state index < -0.39 is 5.91 Å². The van der Waals surface area contributed by atoms with Gasteiger partial charge in [-0.3, -0.25) is 20.2 Å². The number of carbonyl (C=O) groups is 1. The van der Waals surface area contributed by atoms with Crippen LogP contribution in [0, 0.1) is 0 Å². The van der Waals surface area contributed by atoms with E-state index in [4.69, 9.17) is 15.7 Å². The summed E-state index contributed by atoms with van der Waals surface area (Å²) in [6.45, 7) is 0.722. The average Bonchev–Trinajstić information content (AvgIpc) is 2.86. The fourth-order valence-corrected chi connectivity index (χ4v) is 3.33. The number of nitrogens with zero attached hydrogens (tertiary/aromatic N) is 3. The minimum absolute atomic E-state index is 0. The summed E-state index contributed by atoms with van der Waals surface area (Å²) < 4.78 is 5.62. The SMILES string of the molecule is Cl.NNC(=O)c1cc(-c2ccc(-c3ccc(OCCCCO)cn3)cc2)nc2ccncc12. The van der Waals surface area contributed by atoms with Crippen LogP contribution in [-0.4, -0.2) is 39.2 Å². The maximum Gasteiger partial charge on any atom is 0.265 e. The molecule has 4 rings (SSSR count). The molecule has 0 fully saturated rings. The summed E-state index contributed by atoms with van der Waals surface area (Å²) in [5.41, 5.74) is 6.56. The number of aliphatic hydroxyl groups excluding tert-OH is 1. The normalized spacial score (nSPS) is 10.5. The van der Waals surface area contributed by atoms with Crippen molar-refractivity contribution in [2.24, 2.45) is 5.84 Å². The van der Waals surface area contributed by atoms with Crippen LogP contribution >= 0.6 is 12.4 Å². The molecular formula is C24H24ClN5O3. The Bertz CT molecular complexity index is 1220. The number of ether oxygens (including phenoxy) is 1. The van der Waals surface area contributed by atoms with Gasteiger partial charge in [0, 0.05) is 35.5 Å². The largest absolute Gasteiger partial charge is 0.492 e. The van der Waals surface area contributed by atoms with E-state index in [1.807, 2.05) is 36.4 Å². The van der Waals surface area contributed by atoms with Gasteiger partial charge in [0.2, 0.25) is 0 Å². The van der Waals surface area contributed by atoms with Gasteiger partial charge in [0.15, 0.2) is 0 Å². The number of nitrogen functional groups attached to an aromatic ring is 1. The molecule has 170 valence electrons. The number of benzene rings is 1. The number of hydrazine groups is 1. The lowest BCUT2D eigenvalue weighted by molar-refractivity contribution is 0.0955. The fourth-order valence-electron chi connectivity index (χ4n) is 3.33.